The average molecular weight is 381 g/mol. The minimum absolute atomic E-state index is 0.00913. The van der Waals surface area contributed by atoms with Gasteiger partial charge in [0.05, 0.1) is 6.61 Å². The zero-order chi connectivity index (χ0) is 16.2. The summed E-state index contributed by atoms with van der Waals surface area (Å²) < 4.78 is 50.9. The van der Waals surface area contributed by atoms with E-state index in [0.717, 1.165) is 9.86 Å². The average Bonchev–Trinajstić information content (AvgIpc) is 2.79. The van der Waals surface area contributed by atoms with Crippen molar-refractivity contribution in [2.45, 2.75) is 12.6 Å². The smallest absolute Gasteiger partial charge is 0.411 e. The molecule has 1 heterocycles. The van der Waals surface area contributed by atoms with Gasteiger partial charge < -0.3 is 13.9 Å². The van der Waals surface area contributed by atoms with Crippen LogP contribution in [0.15, 0.2) is 33.2 Å². The molecular weight excluding hydrogens is 369 g/mol. The van der Waals surface area contributed by atoms with Crippen molar-refractivity contribution in [3.63, 3.8) is 0 Å². The Balaban J connectivity index is 1.74. The molecule has 0 bridgehead atoms. The minimum atomic E-state index is -4.46. The molecule has 0 fully saturated rings. The van der Waals surface area contributed by atoms with Gasteiger partial charge in [0.15, 0.2) is 0 Å². The first-order chi connectivity index (χ1) is 10.3. The molecular formula is C14H12BrF3O4. The van der Waals surface area contributed by atoms with Gasteiger partial charge in [0.2, 0.25) is 0 Å². The van der Waals surface area contributed by atoms with Gasteiger partial charge in [0.25, 0.3) is 0 Å². The first kappa shape index (κ1) is 16.8. The van der Waals surface area contributed by atoms with Gasteiger partial charge in [-0.2, -0.15) is 13.2 Å². The molecule has 1 aromatic heterocycles. The molecule has 0 aliphatic carbocycles. The fraction of sp³-hybridized carbons (Fsp3) is 0.357. The number of carbonyl (C=O) groups excluding carboxylic acids is 1. The van der Waals surface area contributed by atoms with Gasteiger partial charge in [0, 0.05) is 16.3 Å². The fourth-order valence-corrected chi connectivity index (χ4v) is 2.13. The Morgan fingerprint density at radius 3 is 2.77 bits per heavy atom. The number of alkyl halides is 3. The highest BCUT2D eigenvalue weighted by Crippen LogP contribution is 2.23. The fourth-order valence-electron chi connectivity index (χ4n) is 1.75. The van der Waals surface area contributed by atoms with Gasteiger partial charge in [-0.3, -0.25) is 0 Å². The minimum Gasteiger partial charge on any atom is -0.464 e. The summed E-state index contributed by atoms with van der Waals surface area (Å²) in [4.78, 5) is 11.2. The number of furan rings is 1. The molecule has 0 spiro atoms. The Bertz CT molecular complexity index is 651. The number of rotatable bonds is 6. The summed E-state index contributed by atoms with van der Waals surface area (Å²) in [5.74, 6) is -0.222. The largest absolute Gasteiger partial charge is 0.464 e. The summed E-state index contributed by atoms with van der Waals surface area (Å²) in [5, 5.41) is 0.907. The summed E-state index contributed by atoms with van der Waals surface area (Å²) >= 11 is 3.35. The summed E-state index contributed by atoms with van der Waals surface area (Å²) in [5.41, 5.74) is 0.707. The van der Waals surface area contributed by atoms with Crippen LogP contribution in [0.1, 0.15) is 5.76 Å². The SMILES string of the molecule is O=C(COCC(F)(F)F)OCCc1cc2cc(Br)ccc2o1. The monoisotopic (exact) mass is 380 g/mol. The molecule has 8 heteroatoms. The molecule has 0 unspecified atom stereocenters. The Morgan fingerprint density at radius 2 is 2.05 bits per heavy atom. The van der Waals surface area contributed by atoms with E-state index in [0.29, 0.717) is 17.8 Å². The van der Waals surface area contributed by atoms with E-state index in [-0.39, 0.29) is 6.61 Å². The highest BCUT2D eigenvalue weighted by Gasteiger charge is 2.27. The van der Waals surface area contributed by atoms with Crippen molar-refractivity contribution in [3.05, 3.63) is 34.5 Å². The van der Waals surface area contributed by atoms with Crippen molar-refractivity contribution in [3.8, 4) is 0 Å². The summed E-state index contributed by atoms with van der Waals surface area (Å²) in [6.07, 6.45) is -4.12. The molecule has 4 nitrogen and oxygen atoms in total. The zero-order valence-corrected chi connectivity index (χ0v) is 12.9. The zero-order valence-electron chi connectivity index (χ0n) is 11.3. The number of hydrogen-bond acceptors (Lipinski definition) is 4. The van der Waals surface area contributed by atoms with Crippen LogP contribution in [0, 0.1) is 0 Å². The first-order valence-electron chi connectivity index (χ1n) is 6.31. The Morgan fingerprint density at radius 1 is 1.27 bits per heavy atom. The van der Waals surface area contributed by atoms with Crippen molar-refractivity contribution in [2.24, 2.45) is 0 Å². The van der Waals surface area contributed by atoms with Gasteiger partial charge in [0.1, 0.15) is 24.6 Å². The lowest BCUT2D eigenvalue weighted by Crippen LogP contribution is -2.21. The van der Waals surface area contributed by atoms with Crippen LogP contribution in [0.3, 0.4) is 0 Å². The Hall–Kier alpha value is -1.54. The standard InChI is InChI=1S/C14H12BrF3O4/c15-10-1-2-12-9(5-10)6-11(22-12)3-4-21-13(19)7-20-8-14(16,17)18/h1-2,5-6H,3-4,7-8H2. The molecule has 0 amide bonds. The van der Waals surface area contributed by atoms with E-state index in [1.807, 2.05) is 18.2 Å². The van der Waals surface area contributed by atoms with E-state index >= 15 is 0 Å². The van der Waals surface area contributed by atoms with Crippen LogP contribution in [0.2, 0.25) is 0 Å². The molecule has 1 aromatic carbocycles. The summed E-state index contributed by atoms with van der Waals surface area (Å²) in [6.45, 7) is -2.19. The molecule has 22 heavy (non-hydrogen) atoms. The van der Waals surface area contributed by atoms with E-state index in [2.05, 4.69) is 20.7 Å². The first-order valence-corrected chi connectivity index (χ1v) is 7.11. The van der Waals surface area contributed by atoms with Crippen molar-refractivity contribution in [2.75, 3.05) is 19.8 Å². The Labute approximate surface area is 132 Å². The van der Waals surface area contributed by atoms with E-state index in [9.17, 15) is 18.0 Å². The predicted octanol–water partition coefficient (Wildman–Crippen LogP) is 3.86. The lowest BCUT2D eigenvalue weighted by atomic mass is 10.2. The van der Waals surface area contributed by atoms with Crippen molar-refractivity contribution in [1.29, 1.82) is 0 Å². The van der Waals surface area contributed by atoms with E-state index in [1.165, 1.54) is 0 Å². The maximum atomic E-state index is 11.8. The molecule has 120 valence electrons. The normalized spacial score (nSPS) is 11.8. The molecule has 2 rings (SSSR count). The third-order valence-corrected chi connectivity index (χ3v) is 3.12. The van der Waals surface area contributed by atoms with Crippen LogP contribution in [0.5, 0.6) is 0 Å². The van der Waals surface area contributed by atoms with Crippen LogP contribution in [0.25, 0.3) is 11.0 Å². The molecule has 0 saturated carbocycles. The molecule has 0 aliphatic rings. The van der Waals surface area contributed by atoms with Crippen LogP contribution >= 0.6 is 15.9 Å². The Kier molecular flexibility index (Phi) is 5.47. The number of carbonyl (C=O) groups is 1. The topological polar surface area (TPSA) is 48.7 Å². The molecule has 2 aromatic rings. The molecule has 0 aliphatic heterocycles. The number of esters is 1. The number of halogens is 4. The van der Waals surface area contributed by atoms with Crippen LogP contribution < -0.4 is 0 Å². The second-order valence-corrected chi connectivity index (χ2v) is 5.39. The molecule has 0 atom stereocenters. The lowest BCUT2D eigenvalue weighted by molar-refractivity contribution is -0.181. The second-order valence-electron chi connectivity index (χ2n) is 4.47. The maximum Gasteiger partial charge on any atom is 0.411 e. The second kappa shape index (κ2) is 7.15. The van der Waals surface area contributed by atoms with Crippen molar-refractivity contribution < 1.29 is 31.9 Å². The van der Waals surface area contributed by atoms with Crippen LogP contribution in [-0.4, -0.2) is 32.0 Å². The molecule has 0 saturated heterocycles. The van der Waals surface area contributed by atoms with Gasteiger partial charge in [-0.15, -0.1) is 0 Å². The highest BCUT2D eigenvalue weighted by atomic mass is 79.9. The van der Waals surface area contributed by atoms with Gasteiger partial charge in [-0.1, -0.05) is 15.9 Å². The number of fused-ring (bicyclic) bond motifs is 1. The summed E-state index contributed by atoms with van der Waals surface area (Å²) in [7, 11) is 0. The van der Waals surface area contributed by atoms with Gasteiger partial charge in [-0.05, 0) is 24.3 Å². The van der Waals surface area contributed by atoms with E-state index in [1.54, 1.807) is 6.07 Å². The molecule has 0 radical (unpaired) electrons. The highest BCUT2D eigenvalue weighted by molar-refractivity contribution is 9.10. The van der Waals surface area contributed by atoms with E-state index < -0.39 is 25.4 Å². The third kappa shape index (κ3) is 5.34. The maximum absolute atomic E-state index is 11.8. The predicted molar refractivity (Wildman–Crippen MR) is 75.5 cm³/mol. The van der Waals surface area contributed by atoms with Crippen LogP contribution in [-0.2, 0) is 20.7 Å². The molecule has 0 N–H and O–H groups in total. The lowest BCUT2D eigenvalue weighted by Gasteiger charge is -2.07. The van der Waals surface area contributed by atoms with Gasteiger partial charge in [-0.25, -0.2) is 4.79 Å². The number of hydrogen-bond donors (Lipinski definition) is 0. The number of benzene rings is 1. The van der Waals surface area contributed by atoms with Crippen molar-refractivity contribution in [1.82, 2.24) is 0 Å². The van der Waals surface area contributed by atoms with Crippen LogP contribution in [0.4, 0.5) is 13.2 Å². The van der Waals surface area contributed by atoms with Crippen molar-refractivity contribution >= 4 is 32.9 Å². The summed E-state index contributed by atoms with van der Waals surface area (Å²) in [6, 6.07) is 7.35. The quantitative estimate of drug-likeness (QED) is 0.714. The van der Waals surface area contributed by atoms with Gasteiger partial charge >= 0.3 is 12.1 Å². The third-order valence-electron chi connectivity index (χ3n) is 2.63. The van der Waals surface area contributed by atoms with E-state index in [4.69, 9.17) is 9.15 Å². The number of ether oxygens (including phenoxy) is 2.